The third-order valence-corrected chi connectivity index (χ3v) is 4.15. The Hall–Kier alpha value is -0.710. The van der Waals surface area contributed by atoms with Gasteiger partial charge in [-0.25, -0.2) is 4.39 Å². The van der Waals surface area contributed by atoms with Crippen LogP contribution in [0.3, 0.4) is 0 Å². The molecule has 0 heterocycles. The van der Waals surface area contributed by atoms with E-state index < -0.39 is 0 Å². The quantitative estimate of drug-likeness (QED) is 0.617. The highest BCUT2D eigenvalue weighted by atomic mass is 79.9. The molecule has 0 saturated heterocycles. The molecule has 20 heavy (non-hydrogen) atoms. The minimum absolute atomic E-state index is 0.212. The highest BCUT2D eigenvalue weighted by molar-refractivity contribution is 9.10. The largest absolute Gasteiger partial charge is 0.294 e. The molecule has 0 spiro atoms. The number of halogens is 3. The van der Waals surface area contributed by atoms with Crippen LogP contribution in [0.4, 0.5) is 4.39 Å². The summed E-state index contributed by atoms with van der Waals surface area (Å²) in [6.07, 6.45) is 0. The molecule has 0 aliphatic carbocycles. The van der Waals surface area contributed by atoms with Crippen LogP contribution in [-0.2, 0) is 13.1 Å². The van der Waals surface area contributed by atoms with Gasteiger partial charge in [0, 0.05) is 29.4 Å². The summed E-state index contributed by atoms with van der Waals surface area (Å²) in [5.41, 5.74) is 2.38. The minimum atomic E-state index is -0.212. The van der Waals surface area contributed by atoms with E-state index >= 15 is 0 Å². The first-order chi connectivity index (χ1) is 9.69. The number of rotatable bonds is 6. The Morgan fingerprint density at radius 1 is 1.00 bits per heavy atom. The van der Waals surface area contributed by atoms with Gasteiger partial charge in [0.1, 0.15) is 5.82 Å². The predicted octanol–water partition coefficient (Wildman–Crippen LogP) is 4.99. The predicted molar refractivity (Wildman–Crippen MR) is 88.5 cm³/mol. The Bertz CT molecular complexity index is 545. The molecule has 2 rings (SSSR count). The zero-order valence-corrected chi connectivity index (χ0v) is 14.2. The maximum atomic E-state index is 13.1. The number of nitrogens with zero attached hydrogens (tertiary/aromatic N) is 1. The van der Waals surface area contributed by atoms with Crippen molar-refractivity contribution in [2.75, 3.05) is 11.9 Å². The van der Waals surface area contributed by atoms with E-state index in [2.05, 4.69) is 61.0 Å². The molecule has 0 amide bonds. The number of hydrogen-bond donors (Lipinski definition) is 0. The summed E-state index contributed by atoms with van der Waals surface area (Å²) in [6, 6.07) is 15.2. The van der Waals surface area contributed by atoms with E-state index in [1.165, 1.54) is 17.7 Å². The van der Waals surface area contributed by atoms with Gasteiger partial charge in [-0.2, -0.15) is 0 Å². The first kappa shape index (κ1) is 15.7. The molecule has 0 saturated carbocycles. The molecule has 106 valence electrons. The SMILES string of the molecule is Fc1ccc(CN(CCBr)Cc2ccccc2)c(Br)c1. The third-order valence-electron chi connectivity index (χ3n) is 3.06. The molecule has 4 heteroatoms. The van der Waals surface area contributed by atoms with Crippen LogP contribution < -0.4 is 0 Å². The lowest BCUT2D eigenvalue weighted by atomic mass is 10.1. The highest BCUT2D eigenvalue weighted by Crippen LogP contribution is 2.20. The van der Waals surface area contributed by atoms with Crippen LogP contribution in [0.2, 0.25) is 0 Å². The normalized spacial score (nSPS) is 11.0. The Morgan fingerprint density at radius 3 is 2.40 bits per heavy atom. The lowest BCUT2D eigenvalue weighted by Crippen LogP contribution is -2.25. The molecule has 1 nitrogen and oxygen atoms in total. The molecule has 0 fully saturated rings. The van der Waals surface area contributed by atoms with Crippen molar-refractivity contribution in [2.24, 2.45) is 0 Å². The van der Waals surface area contributed by atoms with Crippen LogP contribution in [0.15, 0.2) is 53.0 Å². The van der Waals surface area contributed by atoms with Gasteiger partial charge in [-0.1, -0.05) is 68.3 Å². The summed E-state index contributed by atoms with van der Waals surface area (Å²) in [5, 5.41) is 0.915. The van der Waals surface area contributed by atoms with E-state index in [9.17, 15) is 4.39 Å². The first-order valence-electron chi connectivity index (χ1n) is 6.45. The summed E-state index contributed by atoms with van der Waals surface area (Å²) in [5.74, 6) is -0.212. The first-order valence-corrected chi connectivity index (χ1v) is 8.36. The average Bonchev–Trinajstić information content (AvgIpc) is 2.43. The van der Waals surface area contributed by atoms with Gasteiger partial charge in [0.2, 0.25) is 0 Å². The molecule has 0 atom stereocenters. The Kier molecular flexibility index (Phi) is 6.20. The maximum absolute atomic E-state index is 13.1. The number of benzene rings is 2. The van der Waals surface area contributed by atoms with E-state index in [1.807, 2.05) is 12.1 Å². The lowest BCUT2D eigenvalue weighted by Gasteiger charge is -2.22. The fraction of sp³-hybridized carbons (Fsp3) is 0.250. The van der Waals surface area contributed by atoms with Crippen LogP contribution in [0, 0.1) is 5.82 Å². The van der Waals surface area contributed by atoms with Crippen molar-refractivity contribution in [1.29, 1.82) is 0 Å². The second kappa shape index (κ2) is 7.91. The van der Waals surface area contributed by atoms with Crippen molar-refractivity contribution in [3.63, 3.8) is 0 Å². The smallest absolute Gasteiger partial charge is 0.124 e. The Labute approximate surface area is 136 Å². The van der Waals surface area contributed by atoms with Crippen LogP contribution in [0.25, 0.3) is 0 Å². The second-order valence-corrected chi connectivity index (χ2v) is 6.27. The van der Waals surface area contributed by atoms with Crippen LogP contribution in [0.1, 0.15) is 11.1 Å². The van der Waals surface area contributed by atoms with E-state index in [-0.39, 0.29) is 5.82 Å². The van der Waals surface area contributed by atoms with Gasteiger partial charge in [-0.3, -0.25) is 4.90 Å². The maximum Gasteiger partial charge on any atom is 0.124 e. The van der Waals surface area contributed by atoms with Gasteiger partial charge in [-0.05, 0) is 23.3 Å². The number of alkyl halides is 1. The standard InChI is InChI=1S/C16H16Br2FN/c17-8-9-20(11-13-4-2-1-3-5-13)12-14-6-7-15(19)10-16(14)18/h1-7,10H,8-9,11-12H2. The van der Waals surface area contributed by atoms with Crippen molar-refractivity contribution >= 4 is 31.9 Å². The molecular formula is C16H16Br2FN. The topological polar surface area (TPSA) is 3.24 Å². The molecular weight excluding hydrogens is 385 g/mol. The third kappa shape index (κ3) is 4.69. The van der Waals surface area contributed by atoms with E-state index in [1.54, 1.807) is 0 Å². The molecule has 2 aromatic rings. The van der Waals surface area contributed by atoms with Crippen LogP contribution in [0.5, 0.6) is 0 Å². The molecule has 0 N–H and O–H groups in total. The highest BCUT2D eigenvalue weighted by Gasteiger charge is 2.09. The van der Waals surface area contributed by atoms with Gasteiger partial charge < -0.3 is 0 Å². The van der Waals surface area contributed by atoms with Gasteiger partial charge >= 0.3 is 0 Å². The second-order valence-electron chi connectivity index (χ2n) is 4.62. The molecule has 0 aromatic heterocycles. The van der Waals surface area contributed by atoms with Crippen molar-refractivity contribution in [3.8, 4) is 0 Å². The van der Waals surface area contributed by atoms with Crippen LogP contribution >= 0.6 is 31.9 Å². The minimum Gasteiger partial charge on any atom is -0.294 e. The van der Waals surface area contributed by atoms with Crippen molar-refractivity contribution < 1.29 is 4.39 Å². The van der Waals surface area contributed by atoms with Gasteiger partial charge in [0.25, 0.3) is 0 Å². The molecule has 0 unspecified atom stereocenters. The van der Waals surface area contributed by atoms with Gasteiger partial charge in [0.15, 0.2) is 0 Å². The average molecular weight is 401 g/mol. The molecule has 0 radical (unpaired) electrons. The fourth-order valence-corrected chi connectivity index (χ4v) is 3.04. The zero-order valence-electron chi connectivity index (χ0n) is 11.0. The number of hydrogen-bond acceptors (Lipinski definition) is 1. The molecule has 0 aliphatic heterocycles. The summed E-state index contributed by atoms with van der Waals surface area (Å²) >= 11 is 6.93. The van der Waals surface area contributed by atoms with Crippen molar-refractivity contribution in [1.82, 2.24) is 4.90 Å². The molecule has 0 aliphatic rings. The molecule has 0 bridgehead atoms. The lowest BCUT2D eigenvalue weighted by molar-refractivity contribution is 0.274. The van der Waals surface area contributed by atoms with E-state index in [0.717, 1.165) is 35.0 Å². The monoisotopic (exact) mass is 399 g/mol. The summed E-state index contributed by atoms with van der Waals surface area (Å²) in [6.45, 7) is 2.62. The van der Waals surface area contributed by atoms with Crippen LogP contribution in [-0.4, -0.2) is 16.8 Å². The summed E-state index contributed by atoms with van der Waals surface area (Å²) in [4.78, 5) is 2.34. The van der Waals surface area contributed by atoms with Gasteiger partial charge in [-0.15, -0.1) is 0 Å². The Balaban J connectivity index is 2.09. The molecule has 2 aromatic carbocycles. The zero-order chi connectivity index (χ0) is 14.4. The summed E-state index contributed by atoms with van der Waals surface area (Å²) < 4.78 is 14.0. The van der Waals surface area contributed by atoms with E-state index in [0.29, 0.717) is 0 Å². The van der Waals surface area contributed by atoms with Crippen molar-refractivity contribution in [2.45, 2.75) is 13.1 Å². The van der Waals surface area contributed by atoms with Gasteiger partial charge in [0.05, 0.1) is 0 Å². The van der Waals surface area contributed by atoms with Crippen molar-refractivity contribution in [3.05, 3.63) is 69.9 Å². The van der Waals surface area contributed by atoms with E-state index in [4.69, 9.17) is 0 Å². The Morgan fingerprint density at radius 2 is 1.75 bits per heavy atom. The fourth-order valence-electron chi connectivity index (χ4n) is 2.07. The summed E-state index contributed by atoms with van der Waals surface area (Å²) in [7, 11) is 0.